The van der Waals surface area contributed by atoms with Crippen molar-refractivity contribution in [1.82, 2.24) is 4.72 Å². The van der Waals surface area contributed by atoms with Crippen LogP contribution in [0, 0.1) is 4.91 Å². The van der Waals surface area contributed by atoms with Gasteiger partial charge in [0.15, 0.2) is 0 Å². The fraction of sp³-hybridized carbons (Fsp3) is 1.00. The van der Waals surface area contributed by atoms with Gasteiger partial charge in [-0.3, -0.25) is 9.11 Å². The number of rotatable bonds is 7. The van der Waals surface area contributed by atoms with Crippen molar-refractivity contribution in [3.8, 4) is 0 Å². The molecule has 0 aromatic heterocycles. The molecule has 0 saturated heterocycles. The average molecular weight is 226 g/mol. The molecule has 0 unspecified atom stereocenters. The standard InChI is InChI=1S/C6H16N2O3S.C2H6/c1-7-12(10,11)6-4-2-3-5-8-9;1-2/h7,10-11H,2-6H2,1H3;1-2H3. The van der Waals surface area contributed by atoms with E-state index in [2.05, 4.69) is 9.90 Å². The molecular formula is C8H22N2O3S. The lowest BCUT2D eigenvalue weighted by molar-refractivity contribution is 0.472. The number of nitrogens with zero attached hydrogens (tertiary/aromatic N) is 1. The maximum Gasteiger partial charge on any atom is 0.0811 e. The summed E-state index contributed by atoms with van der Waals surface area (Å²) >= 11 is 0. The molecule has 88 valence electrons. The highest BCUT2D eigenvalue weighted by molar-refractivity contribution is 8.22. The maximum atomic E-state index is 9.67. The molecule has 0 atom stereocenters. The smallest absolute Gasteiger partial charge is 0.0811 e. The summed E-state index contributed by atoms with van der Waals surface area (Å²) < 4.78 is 20.7. The monoisotopic (exact) mass is 226 g/mol. The Balaban J connectivity index is 0. The topological polar surface area (TPSA) is 81.9 Å². The van der Waals surface area contributed by atoms with E-state index in [1.807, 2.05) is 13.8 Å². The molecule has 14 heavy (non-hydrogen) atoms. The van der Waals surface area contributed by atoms with E-state index in [1.165, 1.54) is 7.05 Å². The van der Waals surface area contributed by atoms with Gasteiger partial charge in [-0.15, -0.1) is 10.8 Å². The predicted molar refractivity (Wildman–Crippen MR) is 62.6 cm³/mol. The molecular weight excluding hydrogens is 204 g/mol. The lowest BCUT2D eigenvalue weighted by Crippen LogP contribution is -2.17. The minimum atomic E-state index is -2.57. The van der Waals surface area contributed by atoms with E-state index in [0.717, 1.165) is 12.8 Å². The van der Waals surface area contributed by atoms with Gasteiger partial charge in [-0.05, 0) is 19.3 Å². The molecule has 0 aromatic rings. The highest BCUT2D eigenvalue weighted by Crippen LogP contribution is 2.33. The van der Waals surface area contributed by atoms with Gasteiger partial charge in [0.1, 0.15) is 0 Å². The minimum absolute atomic E-state index is 0.318. The van der Waals surface area contributed by atoms with Crippen molar-refractivity contribution in [3.63, 3.8) is 0 Å². The molecule has 0 radical (unpaired) electrons. The van der Waals surface area contributed by atoms with Crippen molar-refractivity contribution >= 4 is 10.8 Å². The van der Waals surface area contributed by atoms with Crippen LogP contribution in [0.2, 0.25) is 0 Å². The van der Waals surface area contributed by atoms with Crippen molar-refractivity contribution in [2.75, 3.05) is 19.3 Å². The van der Waals surface area contributed by atoms with Gasteiger partial charge >= 0.3 is 0 Å². The number of hydrogen-bond acceptors (Lipinski definition) is 5. The Kier molecular flexibility index (Phi) is 12.7. The van der Waals surface area contributed by atoms with Crippen molar-refractivity contribution < 1.29 is 9.11 Å². The third-order valence-electron chi connectivity index (χ3n) is 1.51. The Morgan fingerprint density at radius 3 is 2.21 bits per heavy atom. The first-order chi connectivity index (χ1) is 6.62. The van der Waals surface area contributed by atoms with Crippen molar-refractivity contribution in [1.29, 1.82) is 0 Å². The molecule has 0 amide bonds. The largest absolute Gasteiger partial charge is 0.286 e. The first kappa shape index (κ1) is 16.3. The van der Waals surface area contributed by atoms with Gasteiger partial charge in [0, 0.05) is 7.05 Å². The second-order valence-corrected chi connectivity index (χ2v) is 4.64. The molecule has 0 aliphatic carbocycles. The fourth-order valence-electron chi connectivity index (χ4n) is 0.759. The molecule has 0 aliphatic heterocycles. The molecule has 5 nitrogen and oxygen atoms in total. The van der Waals surface area contributed by atoms with Gasteiger partial charge in [-0.1, -0.05) is 19.0 Å². The summed E-state index contributed by atoms with van der Waals surface area (Å²) in [7, 11) is -1.05. The molecule has 0 saturated carbocycles. The molecule has 0 spiro atoms. The maximum absolute atomic E-state index is 9.67. The quantitative estimate of drug-likeness (QED) is 0.460. The van der Waals surface area contributed by atoms with Crippen LogP contribution in [0.3, 0.4) is 0 Å². The van der Waals surface area contributed by atoms with Crippen LogP contribution in [0.4, 0.5) is 0 Å². The van der Waals surface area contributed by atoms with Crippen molar-refractivity contribution in [3.05, 3.63) is 4.91 Å². The molecule has 0 fully saturated rings. The normalized spacial score (nSPS) is 11.5. The van der Waals surface area contributed by atoms with E-state index in [-0.39, 0.29) is 0 Å². The molecule has 0 rings (SSSR count). The van der Waals surface area contributed by atoms with Crippen molar-refractivity contribution in [2.24, 2.45) is 5.18 Å². The van der Waals surface area contributed by atoms with Crippen LogP contribution < -0.4 is 4.72 Å². The molecule has 0 bridgehead atoms. The van der Waals surface area contributed by atoms with Crippen LogP contribution >= 0.6 is 10.8 Å². The van der Waals surface area contributed by atoms with Crippen LogP contribution in [-0.2, 0) is 0 Å². The van der Waals surface area contributed by atoms with E-state index in [4.69, 9.17) is 9.11 Å². The third kappa shape index (κ3) is 11.8. The lowest BCUT2D eigenvalue weighted by Gasteiger charge is -2.30. The van der Waals surface area contributed by atoms with Crippen molar-refractivity contribution in [2.45, 2.75) is 33.1 Å². The second-order valence-electron chi connectivity index (χ2n) is 2.49. The Bertz CT molecular complexity index is 134. The van der Waals surface area contributed by atoms with E-state index in [9.17, 15) is 4.91 Å². The van der Waals surface area contributed by atoms with Gasteiger partial charge in [-0.2, -0.15) is 4.91 Å². The summed E-state index contributed by atoms with van der Waals surface area (Å²) in [5.74, 6) is 0.350. The second kappa shape index (κ2) is 10.9. The zero-order chi connectivity index (χ0) is 11.4. The SMILES string of the molecule is CC.CNS(O)(O)CCCCCN=O. The van der Waals surface area contributed by atoms with Crippen LogP contribution in [0.25, 0.3) is 0 Å². The van der Waals surface area contributed by atoms with E-state index in [1.54, 1.807) is 0 Å². The minimum Gasteiger partial charge on any atom is -0.286 e. The Morgan fingerprint density at radius 2 is 1.79 bits per heavy atom. The first-order valence-corrected chi connectivity index (χ1v) is 6.57. The van der Waals surface area contributed by atoms with Gasteiger partial charge < -0.3 is 0 Å². The van der Waals surface area contributed by atoms with Gasteiger partial charge in [0.25, 0.3) is 0 Å². The first-order valence-electron chi connectivity index (χ1n) is 4.86. The summed E-state index contributed by atoms with van der Waals surface area (Å²) in [6.07, 6.45) is 2.24. The predicted octanol–water partition coefficient (Wildman–Crippen LogP) is 2.83. The van der Waals surface area contributed by atoms with Gasteiger partial charge in [-0.25, -0.2) is 4.72 Å². The Labute approximate surface area is 87.7 Å². The molecule has 3 N–H and O–H groups in total. The number of hydrogen-bond donors (Lipinski definition) is 3. The fourth-order valence-corrected chi connectivity index (χ4v) is 1.57. The summed E-state index contributed by atoms with van der Waals surface area (Å²) in [6.45, 7) is 4.32. The van der Waals surface area contributed by atoms with Crippen LogP contribution in [0.15, 0.2) is 5.18 Å². The lowest BCUT2D eigenvalue weighted by atomic mass is 10.2. The van der Waals surface area contributed by atoms with Crippen LogP contribution in [0.5, 0.6) is 0 Å². The highest BCUT2D eigenvalue weighted by atomic mass is 32.3. The average Bonchev–Trinajstić information content (AvgIpc) is 2.21. The molecule has 0 heterocycles. The summed E-state index contributed by atoms with van der Waals surface area (Å²) in [5.41, 5.74) is 0. The third-order valence-corrected chi connectivity index (χ3v) is 3.02. The van der Waals surface area contributed by atoms with E-state index >= 15 is 0 Å². The summed E-state index contributed by atoms with van der Waals surface area (Å²) in [5, 5.41) is 2.71. The van der Waals surface area contributed by atoms with Crippen LogP contribution in [0.1, 0.15) is 33.1 Å². The van der Waals surface area contributed by atoms with E-state index in [0.29, 0.717) is 18.7 Å². The zero-order valence-electron chi connectivity index (χ0n) is 9.19. The number of nitroso groups, excluding NO2 is 1. The molecule has 6 heteroatoms. The molecule has 0 aromatic carbocycles. The summed E-state index contributed by atoms with van der Waals surface area (Å²) in [4.78, 5) is 9.67. The number of nitrogens with one attached hydrogen (secondary N) is 1. The Hall–Kier alpha value is -0.170. The Morgan fingerprint density at radius 1 is 1.21 bits per heavy atom. The van der Waals surface area contributed by atoms with Crippen LogP contribution in [-0.4, -0.2) is 28.5 Å². The number of unbranched alkanes of at least 4 members (excludes halogenated alkanes) is 2. The van der Waals surface area contributed by atoms with Gasteiger partial charge in [0.2, 0.25) is 0 Å². The zero-order valence-corrected chi connectivity index (χ0v) is 10.0. The van der Waals surface area contributed by atoms with Gasteiger partial charge in [0.05, 0.1) is 12.3 Å². The molecule has 0 aliphatic rings. The highest BCUT2D eigenvalue weighted by Gasteiger charge is 2.06. The summed E-state index contributed by atoms with van der Waals surface area (Å²) in [6, 6.07) is 0. The van der Waals surface area contributed by atoms with E-state index < -0.39 is 10.8 Å².